The number of hydrogen-bond acceptors (Lipinski definition) is 4. The zero-order valence-corrected chi connectivity index (χ0v) is 11.6. The van der Waals surface area contributed by atoms with Crippen molar-refractivity contribution in [3.63, 3.8) is 0 Å². The van der Waals surface area contributed by atoms with Crippen molar-refractivity contribution < 1.29 is 13.2 Å². The lowest BCUT2D eigenvalue weighted by molar-refractivity contribution is -0.137. The summed E-state index contributed by atoms with van der Waals surface area (Å²) < 4.78 is 36.7. The number of nitrogens with zero attached hydrogens (tertiary/aromatic N) is 2. The van der Waals surface area contributed by atoms with Gasteiger partial charge in [0, 0.05) is 24.0 Å². The molecule has 114 valence electrons. The third-order valence-corrected chi connectivity index (χ3v) is 3.16. The second-order valence-electron chi connectivity index (χ2n) is 4.94. The van der Waals surface area contributed by atoms with Crippen molar-refractivity contribution in [3.8, 4) is 0 Å². The number of nitrogens with one attached hydrogen (secondary N) is 1. The fraction of sp³-hybridized carbons (Fsp3) is 0.357. The first kappa shape index (κ1) is 15.5. The topological polar surface area (TPSA) is 54.2 Å². The fourth-order valence-corrected chi connectivity index (χ4v) is 2.09. The molecule has 0 amide bonds. The number of rotatable bonds is 5. The quantitative estimate of drug-likeness (QED) is 0.658. The predicted octanol–water partition coefficient (Wildman–Crippen LogP) is 2.90. The molecule has 0 aliphatic carbocycles. The molecule has 0 radical (unpaired) electrons. The van der Waals surface area contributed by atoms with E-state index in [-0.39, 0.29) is 6.54 Å². The van der Waals surface area contributed by atoms with Gasteiger partial charge in [0.1, 0.15) is 5.82 Å². The van der Waals surface area contributed by atoms with Crippen molar-refractivity contribution in [2.75, 3.05) is 19.0 Å². The molecule has 0 spiro atoms. The Morgan fingerprint density at radius 2 is 2.00 bits per heavy atom. The van der Waals surface area contributed by atoms with E-state index in [4.69, 9.17) is 5.84 Å². The van der Waals surface area contributed by atoms with E-state index in [1.165, 1.54) is 0 Å². The van der Waals surface area contributed by atoms with Crippen LogP contribution < -0.4 is 11.3 Å². The summed E-state index contributed by atoms with van der Waals surface area (Å²) in [6.07, 6.45) is -4.99. The van der Waals surface area contributed by atoms with Crippen LogP contribution in [0.3, 0.4) is 0 Å². The van der Waals surface area contributed by atoms with Gasteiger partial charge in [-0.25, -0.2) is 10.8 Å². The number of alkyl halides is 3. The molecular weight excluding hydrogens is 281 g/mol. The van der Waals surface area contributed by atoms with E-state index < -0.39 is 12.6 Å². The number of halogens is 3. The summed E-state index contributed by atoms with van der Waals surface area (Å²) in [5.41, 5.74) is 4.05. The number of pyridine rings is 1. The molecule has 0 fully saturated rings. The number of hydrazine groups is 1. The maximum absolute atomic E-state index is 12.2. The normalized spacial score (nSPS) is 12.1. The third kappa shape index (κ3) is 4.30. The van der Waals surface area contributed by atoms with Gasteiger partial charge in [-0.3, -0.25) is 0 Å². The highest BCUT2D eigenvalue weighted by atomic mass is 19.4. The Labute approximate surface area is 120 Å². The maximum Gasteiger partial charge on any atom is 0.390 e. The van der Waals surface area contributed by atoms with Crippen LogP contribution in [0.5, 0.6) is 0 Å². The summed E-state index contributed by atoms with van der Waals surface area (Å²) in [6, 6.07) is 9.40. The Balaban J connectivity index is 2.16. The van der Waals surface area contributed by atoms with Crippen LogP contribution in [0.1, 0.15) is 12.0 Å². The highest BCUT2D eigenvalue weighted by molar-refractivity contribution is 5.81. The van der Waals surface area contributed by atoms with E-state index in [9.17, 15) is 13.2 Å². The summed E-state index contributed by atoms with van der Waals surface area (Å²) >= 11 is 0. The van der Waals surface area contributed by atoms with Gasteiger partial charge in [-0.15, -0.1) is 0 Å². The van der Waals surface area contributed by atoms with Crippen LogP contribution >= 0.6 is 0 Å². The van der Waals surface area contributed by atoms with Crippen molar-refractivity contribution in [1.29, 1.82) is 0 Å². The van der Waals surface area contributed by atoms with Gasteiger partial charge in [-0.2, -0.15) is 13.2 Å². The van der Waals surface area contributed by atoms with Gasteiger partial charge in [0.2, 0.25) is 0 Å². The summed E-state index contributed by atoms with van der Waals surface area (Å²) in [4.78, 5) is 5.97. The predicted molar refractivity (Wildman–Crippen MR) is 76.6 cm³/mol. The molecule has 1 heterocycles. The van der Waals surface area contributed by atoms with Gasteiger partial charge in [-0.1, -0.05) is 18.2 Å². The van der Waals surface area contributed by atoms with Crippen molar-refractivity contribution in [3.05, 3.63) is 35.9 Å². The van der Waals surface area contributed by atoms with Gasteiger partial charge in [-0.05, 0) is 19.2 Å². The van der Waals surface area contributed by atoms with Crippen molar-refractivity contribution in [1.82, 2.24) is 9.88 Å². The summed E-state index contributed by atoms with van der Waals surface area (Å²) in [5.74, 6) is 5.93. The van der Waals surface area contributed by atoms with E-state index in [0.717, 1.165) is 16.5 Å². The van der Waals surface area contributed by atoms with Crippen LogP contribution in [-0.4, -0.2) is 29.7 Å². The van der Waals surface area contributed by atoms with E-state index >= 15 is 0 Å². The van der Waals surface area contributed by atoms with E-state index in [1.54, 1.807) is 11.9 Å². The molecule has 1 aromatic carbocycles. The van der Waals surface area contributed by atoms with Gasteiger partial charge in [0.05, 0.1) is 11.9 Å². The Bertz CT molecular complexity index is 613. The zero-order valence-electron chi connectivity index (χ0n) is 11.6. The Morgan fingerprint density at radius 3 is 2.67 bits per heavy atom. The molecule has 3 N–H and O–H groups in total. The Hall–Kier alpha value is -1.86. The molecule has 21 heavy (non-hydrogen) atoms. The molecule has 0 saturated heterocycles. The minimum atomic E-state index is -4.15. The van der Waals surface area contributed by atoms with Crippen molar-refractivity contribution in [2.45, 2.75) is 19.1 Å². The van der Waals surface area contributed by atoms with Crippen LogP contribution in [0, 0.1) is 0 Å². The highest BCUT2D eigenvalue weighted by Crippen LogP contribution is 2.23. The second-order valence-corrected chi connectivity index (χ2v) is 4.94. The van der Waals surface area contributed by atoms with Crippen LogP contribution in [0.4, 0.5) is 19.0 Å². The van der Waals surface area contributed by atoms with Gasteiger partial charge < -0.3 is 10.3 Å². The van der Waals surface area contributed by atoms with E-state index in [2.05, 4.69) is 10.4 Å². The van der Waals surface area contributed by atoms with Gasteiger partial charge >= 0.3 is 6.18 Å². The smallest absolute Gasteiger partial charge is 0.308 e. The number of nitrogens with two attached hydrogens (primary N) is 1. The molecule has 0 atom stereocenters. The molecule has 0 aliphatic rings. The van der Waals surface area contributed by atoms with Crippen molar-refractivity contribution in [2.24, 2.45) is 5.84 Å². The highest BCUT2D eigenvalue weighted by Gasteiger charge is 2.27. The minimum Gasteiger partial charge on any atom is -0.308 e. The van der Waals surface area contributed by atoms with Gasteiger partial charge in [0.15, 0.2) is 0 Å². The second kappa shape index (κ2) is 6.28. The van der Waals surface area contributed by atoms with E-state index in [0.29, 0.717) is 12.4 Å². The van der Waals surface area contributed by atoms with E-state index in [1.807, 2.05) is 30.3 Å². The molecule has 0 aliphatic heterocycles. The molecule has 7 heteroatoms. The average molecular weight is 298 g/mol. The molecule has 0 bridgehead atoms. The summed E-state index contributed by atoms with van der Waals surface area (Å²) in [6.45, 7) is 0.272. The number of anilines is 1. The molecule has 0 unspecified atom stereocenters. The number of hydrogen-bond donors (Lipinski definition) is 2. The lowest BCUT2D eigenvalue weighted by Crippen LogP contribution is -2.25. The van der Waals surface area contributed by atoms with Crippen LogP contribution in [-0.2, 0) is 6.54 Å². The Kier molecular flexibility index (Phi) is 4.64. The first-order chi connectivity index (χ1) is 9.89. The zero-order chi connectivity index (χ0) is 15.5. The first-order valence-corrected chi connectivity index (χ1v) is 6.49. The molecule has 2 aromatic rings. The average Bonchev–Trinajstić information content (AvgIpc) is 2.43. The van der Waals surface area contributed by atoms with Crippen molar-refractivity contribution >= 4 is 16.7 Å². The third-order valence-electron chi connectivity index (χ3n) is 3.16. The minimum absolute atomic E-state index is 0.0691. The lowest BCUT2D eigenvalue weighted by atomic mass is 10.1. The summed E-state index contributed by atoms with van der Waals surface area (Å²) in [5, 5.41) is 0.927. The largest absolute Gasteiger partial charge is 0.390 e. The van der Waals surface area contributed by atoms with Crippen LogP contribution in [0.15, 0.2) is 30.3 Å². The standard InChI is InChI=1S/C14H17F3N4/c1-21(7-6-14(15,16)17)9-11-8-10-4-2-3-5-12(10)19-13(11)20-18/h2-5,8H,6-7,9,18H2,1H3,(H,19,20). The molecule has 2 rings (SSSR count). The summed E-state index contributed by atoms with van der Waals surface area (Å²) in [7, 11) is 1.64. The molecule has 4 nitrogen and oxygen atoms in total. The SMILES string of the molecule is CN(CCC(F)(F)F)Cc1cc2ccccc2nc1NN. The van der Waals surface area contributed by atoms with Crippen LogP contribution in [0.25, 0.3) is 10.9 Å². The lowest BCUT2D eigenvalue weighted by Gasteiger charge is -2.19. The molecular formula is C14H17F3N4. The maximum atomic E-state index is 12.2. The monoisotopic (exact) mass is 298 g/mol. The molecule has 1 aromatic heterocycles. The fourth-order valence-electron chi connectivity index (χ4n) is 2.09. The number of aromatic nitrogens is 1. The number of benzene rings is 1. The molecule has 0 saturated carbocycles. The number of fused-ring (bicyclic) bond motifs is 1. The number of para-hydroxylation sites is 1. The van der Waals surface area contributed by atoms with Crippen LogP contribution in [0.2, 0.25) is 0 Å². The first-order valence-electron chi connectivity index (χ1n) is 6.49. The van der Waals surface area contributed by atoms with Gasteiger partial charge in [0.25, 0.3) is 0 Å². The number of nitrogen functional groups attached to an aromatic ring is 1. The Morgan fingerprint density at radius 1 is 1.29 bits per heavy atom.